The van der Waals surface area contributed by atoms with Gasteiger partial charge in [-0.25, -0.2) is 0 Å². The van der Waals surface area contributed by atoms with Crippen LogP contribution in [0.4, 0.5) is 5.69 Å². The summed E-state index contributed by atoms with van der Waals surface area (Å²) in [6.45, 7) is 2.03. The maximum Gasteiger partial charge on any atom is 0.248 e. The lowest BCUT2D eigenvalue weighted by Crippen LogP contribution is -2.07. The minimum absolute atomic E-state index is 0.201. The maximum atomic E-state index is 11.9. The summed E-state index contributed by atoms with van der Waals surface area (Å²) in [6, 6.07) is 13.2. The van der Waals surface area contributed by atoms with E-state index in [1.165, 1.54) is 11.6 Å². The van der Waals surface area contributed by atoms with Crippen LogP contribution in [0.1, 0.15) is 11.1 Å². The van der Waals surface area contributed by atoms with Crippen LogP contribution < -0.4 is 14.8 Å². The summed E-state index contributed by atoms with van der Waals surface area (Å²) in [5.74, 6) is 0.992. The van der Waals surface area contributed by atoms with Crippen LogP contribution in [-0.2, 0) is 4.79 Å². The van der Waals surface area contributed by atoms with Crippen molar-refractivity contribution >= 4 is 17.7 Å². The normalized spacial score (nSPS) is 10.5. The minimum atomic E-state index is -0.201. The highest BCUT2D eigenvalue weighted by atomic mass is 16.5. The van der Waals surface area contributed by atoms with Crippen molar-refractivity contribution in [1.82, 2.24) is 0 Å². The number of carbonyl (C=O) groups excluding carboxylic acids is 1. The third-order valence-corrected chi connectivity index (χ3v) is 3.16. The molecule has 0 radical (unpaired) electrons. The number of anilines is 1. The van der Waals surface area contributed by atoms with Crippen LogP contribution >= 0.6 is 0 Å². The van der Waals surface area contributed by atoms with Gasteiger partial charge in [-0.2, -0.15) is 0 Å². The second kappa shape index (κ2) is 7.31. The van der Waals surface area contributed by atoms with E-state index in [2.05, 4.69) is 5.32 Å². The second-order valence-corrected chi connectivity index (χ2v) is 4.80. The van der Waals surface area contributed by atoms with Crippen molar-refractivity contribution < 1.29 is 14.3 Å². The van der Waals surface area contributed by atoms with E-state index in [9.17, 15) is 4.79 Å². The number of ether oxygens (including phenoxy) is 2. The Morgan fingerprint density at radius 3 is 2.32 bits per heavy atom. The zero-order valence-corrected chi connectivity index (χ0v) is 12.9. The number of methoxy groups -OCH3 is 2. The molecule has 4 heteroatoms. The van der Waals surface area contributed by atoms with Gasteiger partial charge in [-0.05, 0) is 30.7 Å². The van der Waals surface area contributed by atoms with E-state index in [0.29, 0.717) is 17.2 Å². The lowest BCUT2D eigenvalue weighted by Gasteiger charge is -2.09. The number of hydrogen-bond acceptors (Lipinski definition) is 3. The molecule has 0 saturated heterocycles. The number of hydrogen-bond donors (Lipinski definition) is 1. The molecule has 0 spiro atoms. The summed E-state index contributed by atoms with van der Waals surface area (Å²) >= 11 is 0. The second-order valence-electron chi connectivity index (χ2n) is 4.80. The van der Waals surface area contributed by atoms with Crippen LogP contribution in [0.5, 0.6) is 11.5 Å². The van der Waals surface area contributed by atoms with E-state index in [1.807, 2.05) is 31.2 Å². The highest BCUT2D eigenvalue weighted by molar-refractivity contribution is 6.02. The Labute approximate surface area is 130 Å². The molecule has 0 saturated carbocycles. The van der Waals surface area contributed by atoms with E-state index in [4.69, 9.17) is 9.47 Å². The molecule has 0 aromatic heterocycles. The van der Waals surface area contributed by atoms with Gasteiger partial charge in [0.2, 0.25) is 5.91 Å². The average molecular weight is 297 g/mol. The predicted molar refractivity (Wildman–Crippen MR) is 88.4 cm³/mol. The Hall–Kier alpha value is -2.75. The van der Waals surface area contributed by atoms with Gasteiger partial charge < -0.3 is 14.8 Å². The molecule has 114 valence electrons. The molecule has 4 nitrogen and oxygen atoms in total. The van der Waals surface area contributed by atoms with E-state index < -0.39 is 0 Å². The summed E-state index contributed by atoms with van der Waals surface area (Å²) in [6.07, 6.45) is 3.27. The number of carbonyl (C=O) groups is 1. The van der Waals surface area contributed by atoms with Crippen LogP contribution in [0, 0.1) is 6.92 Å². The van der Waals surface area contributed by atoms with Crippen LogP contribution in [0.3, 0.4) is 0 Å². The Kier molecular flexibility index (Phi) is 5.20. The van der Waals surface area contributed by atoms with Gasteiger partial charge in [-0.15, -0.1) is 0 Å². The standard InChI is InChI=1S/C18H19NO3/c1-13-4-6-14(7-5-13)8-11-18(20)19-15-9-10-16(21-2)17(12-15)22-3/h4-12H,1-3H3,(H,19,20)/b11-8+. The molecule has 22 heavy (non-hydrogen) atoms. The first-order chi connectivity index (χ1) is 10.6. The first-order valence-corrected chi connectivity index (χ1v) is 6.90. The van der Waals surface area contributed by atoms with Gasteiger partial charge in [0, 0.05) is 17.8 Å². The molecule has 2 rings (SSSR count). The third-order valence-electron chi connectivity index (χ3n) is 3.16. The van der Waals surface area contributed by atoms with Crippen LogP contribution in [0.25, 0.3) is 6.08 Å². The summed E-state index contributed by atoms with van der Waals surface area (Å²) < 4.78 is 10.4. The van der Waals surface area contributed by atoms with Crippen molar-refractivity contribution in [2.75, 3.05) is 19.5 Å². The molecule has 0 fully saturated rings. The van der Waals surface area contributed by atoms with Crippen molar-refractivity contribution in [2.45, 2.75) is 6.92 Å². The SMILES string of the molecule is COc1ccc(NC(=O)/C=C/c2ccc(C)cc2)cc1OC. The fourth-order valence-corrected chi connectivity index (χ4v) is 1.95. The zero-order chi connectivity index (χ0) is 15.9. The summed E-state index contributed by atoms with van der Waals surface area (Å²) in [7, 11) is 3.13. The molecule has 0 aliphatic carbocycles. The van der Waals surface area contributed by atoms with E-state index >= 15 is 0 Å². The first-order valence-electron chi connectivity index (χ1n) is 6.90. The molecular formula is C18H19NO3. The lowest BCUT2D eigenvalue weighted by molar-refractivity contribution is -0.111. The molecule has 0 unspecified atom stereocenters. The molecular weight excluding hydrogens is 278 g/mol. The molecule has 0 atom stereocenters. The van der Waals surface area contributed by atoms with E-state index in [-0.39, 0.29) is 5.91 Å². The van der Waals surface area contributed by atoms with Gasteiger partial charge in [0.15, 0.2) is 11.5 Å². The van der Waals surface area contributed by atoms with Crippen LogP contribution in [-0.4, -0.2) is 20.1 Å². The Balaban J connectivity index is 2.04. The summed E-state index contributed by atoms with van der Waals surface area (Å²) in [4.78, 5) is 11.9. The Morgan fingerprint density at radius 2 is 1.68 bits per heavy atom. The van der Waals surface area contributed by atoms with Gasteiger partial charge in [0.05, 0.1) is 14.2 Å². The predicted octanol–water partition coefficient (Wildman–Crippen LogP) is 3.66. The van der Waals surface area contributed by atoms with Gasteiger partial charge in [-0.3, -0.25) is 4.79 Å². The summed E-state index contributed by atoms with van der Waals surface area (Å²) in [5, 5.41) is 2.79. The van der Waals surface area contributed by atoms with Gasteiger partial charge in [-0.1, -0.05) is 29.8 Å². The van der Waals surface area contributed by atoms with Gasteiger partial charge >= 0.3 is 0 Å². The number of rotatable bonds is 5. The monoisotopic (exact) mass is 297 g/mol. The smallest absolute Gasteiger partial charge is 0.248 e. The van der Waals surface area contributed by atoms with Crippen LogP contribution in [0.2, 0.25) is 0 Å². The van der Waals surface area contributed by atoms with Crippen molar-refractivity contribution in [3.8, 4) is 11.5 Å². The molecule has 2 aromatic carbocycles. The minimum Gasteiger partial charge on any atom is -0.493 e. The van der Waals surface area contributed by atoms with Gasteiger partial charge in [0.1, 0.15) is 0 Å². The molecule has 0 aliphatic rings. The van der Waals surface area contributed by atoms with Gasteiger partial charge in [0.25, 0.3) is 0 Å². The molecule has 0 heterocycles. The third kappa shape index (κ3) is 4.12. The lowest BCUT2D eigenvalue weighted by atomic mass is 10.1. The number of aryl methyl sites for hydroxylation is 1. The average Bonchev–Trinajstić information content (AvgIpc) is 2.54. The fraction of sp³-hybridized carbons (Fsp3) is 0.167. The fourth-order valence-electron chi connectivity index (χ4n) is 1.95. The number of benzene rings is 2. The van der Waals surface area contributed by atoms with E-state index in [1.54, 1.807) is 38.5 Å². The summed E-state index contributed by atoms with van der Waals surface area (Å²) in [5.41, 5.74) is 2.82. The quantitative estimate of drug-likeness (QED) is 0.857. The largest absolute Gasteiger partial charge is 0.493 e. The molecule has 2 aromatic rings. The maximum absolute atomic E-state index is 11.9. The van der Waals surface area contributed by atoms with Crippen molar-refractivity contribution in [1.29, 1.82) is 0 Å². The van der Waals surface area contributed by atoms with Crippen molar-refractivity contribution in [3.05, 3.63) is 59.7 Å². The van der Waals surface area contributed by atoms with Crippen LogP contribution in [0.15, 0.2) is 48.5 Å². The number of nitrogens with one attached hydrogen (secondary N) is 1. The number of amides is 1. The zero-order valence-electron chi connectivity index (χ0n) is 12.9. The molecule has 1 amide bonds. The van der Waals surface area contributed by atoms with Crippen molar-refractivity contribution in [2.24, 2.45) is 0 Å². The van der Waals surface area contributed by atoms with Crippen molar-refractivity contribution in [3.63, 3.8) is 0 Å². The van der Waals surface area contributed by atoms with E-state index in [0.717, 1.165) is 5.56 Å². The molecule has 1 N–H and O–H groups in total. The Bertz CT molecular complexity index is 675. The highest BCUT2D eigenvalue weighted by Crippen LogP contribution is 2.29. The molecule has 0 bridgehead atoms. The topological polar surface area (TPSA) is 47.6 Å². The Morgan fingerprint density at radius 1 is 1.00 bits per heavy atom. The molecule has 0 aliphatic heterocycles. The highest BCUT2D eigenvalue weighted by Gasteiger charge is 2.05. The first kappa shape index (κ1) is 15.6.